The SMILES string of the molecule is CC(C)CCCc1ccc(C(=O)c2cccc3c2OC(N)(c2nn[nH]n2)CO3)cc1. The maximum atomic E-state index is 13.2. The highest BCUT2D eigenvalue weighted by atomic mass is 16.6. The van der Waals surface area contributed by atoms with Crippen LogP contribution in [-0.4, -0.2) is 33.0 Å². The summed E-state index contributed by atoms with van der Waals surface area (Å²) in [5.74, 6) is 1.42. The van der Waals surface area contributed by atoms with Crippen molar-refractivity contribution in [3.05, 3.63) is 65.0 Å². The molecule has 4 rings (SSSR count). The van der Waals surface area contributed by atoms with Crippen LogP contribution < -0.4 is 15.2 Å². The molecule has 0 saturated heterocycles. The second-order valence-corrected chi connectivity index (χ2v) is 7.96. The van der Waals surface area contributed by atoms with Gasteiger partial charge < -0.3 is 9.47 Å². The van der Waals surface area contributed by atoms with Gasteiger partial charge in [-0.3, -0.25) is 10.5 Å². The van der Waals surface area contributed by atoms with Crippen LogP contribution in [0.15, 0.2) is 42.5 Å². The smallest absolute Gasteiger partial charge is 0.257 e. The zero-order valence-corrected chi connectivity index (χ0v) is 17.1. The molecule has 3 aromatic rings. The van der Waals surface area contributed by atoms with Crippen molar-refractivity contribution in [2.75, 3.05) is 6.61 Å². The first-order valence-corrected chi connectivity index (χ1v) is 10.1. The lowest BCUT2D eigenvalue weighted by atomic mass is 9.98. The average molecular weight is 407 g/mol. The third-order valence-electron chi connectivity index (χ3n) is 5.14. The van der Waals surface area contributed by atoms with Crippen molar-refractivity contribution in [2.24, 2.45) is 11.7 Å². The molecule has 1 unspecified atom stereocenters. The Kier molecular flexibility index (Phi) is 5.50. The number of ether oxygens (including phenoxy) is 2. The molecule has 1 atom stereocenters. The lowest BCUT2D eigenvalue weighted by molar-refractivity contribution is -0.0154. The highest BCUT2D eigenvalue weighted by molar-refractivity contribution is 6.11. The van der Waals surface area contributed by atoms with E-state index in [2.05, 4.69) is 34.5 Å². The number of aromatic amines is 1. The minimum Gasteiger partial charge on any atom is -0.483 e. The predicted octanol–water partition coefficient (Wildman–Crippen LogP) is 2.99. The number of hydrogen-bond donors (Lipinski definition) is 2. The Morgan fingerprint density at radius 1 is 1.23 bits per heavy atom. The van der Waals surface area contributed by atoms with E-state index in [0.717, 1.165) is 12.8 Å². The molecule has 0 aliphatic carbocycles. The number of aromatic nitrogens is 4. The van der Waals surface area contributed by atoms with Gasteiger partial charge in [-0.1, -0.05) is 50.6 Å². The third-order valence-corrected chi connectivity index (χ3v) is 5.14. The Hall–Kier alpha value is -3.26. The van der Waals surface area contributed by atoms with E-state index >= 15 is 0 Å². The minimum atomic E-state index is -1.43. The van der Waals surface area contributed by atoms with Gasteiger partial charge in [-0.25, -0.2) is 0 Å². The summed E-state index contributed by atoms with van der Waals surface area (Å²) in [6.45, 7) is 4.45. The number of nitrogens with one attached hydrogen (secondary N) is 1. The van der Waals surface area contributed by atoms with Gasteiger partial charge in [-0.2, -0.15) is 5.21 Å². The molecule has 0 spiro atoms. The Labute approximate surface area is 174 Å². The number of carbonyl (C=O) groups excluding carboxylic acids is 1. The lowest BCUT2D eigenvalue weighted by Crippen LogP contribution is -2.51. The van der Waals surface area contributed by atoms with Crippen LogP contribution in [-0.2, 0) is 12.1 Å². The number of H-pyrrole nitrogens is 1. The van der Waals surface area contributed by atoms with Crippen molar-refractivity contribution in [2.45, 2.75) is 38.8 Å². The molecular formula is C22H25N5O3. The summed E-state index contributed by atoms with van der Waals surface area (Å²) in [6.07, 6.45) is 3.33. The quantitative estimate of drug-likeness (QED) is 0.578. The second-order valence-electron chi connectivity index (χ2n) is 7.96. The zero-order valence-electron chi connectivity index (χ0n) is 17.1. The average Bonchev–Trinajstić information content (AvgIpc) is 3.29. The van der Waals surface area contributed by atoms with Gasteiger partial charge in [0.25, 0.3) is 5.72 Å². The van der Waals surface area contributed by atoms with E-state index in [1.54, 1.807) is 18.2 Å². The summed E-state index contributed by atoms with van der Waals surface area (Å²) < 4.78 is 11.7. The third kappa shape index (κ3) is 4.04. The van der Waals surface area contributed by atoms with Crippen LogP contribution in [0.5, 0.6) is 11.5 Å². The number of nitrogens with zero attached hydrogens (tertiary/aromatic N) is 3. The molecule has 2 heterocycles. The number of tetrazole rings is 1. The molecule has 156 valence electrons. The van der Waals surface area contributed by atoms with Crippen LogP contribution >= 0.6 is 0 Å². The Bertz CT molecular complexity index is 1020. The van der Waals surface area contributed by atoms with Crippen molar-refractivity contribution < 1.29 is 14.3 Å². The van der Waals surface area contributed by atoms with Gasteiger partial charge in [0, 0.05) is 5.56 Å². The Morgan fingerprint density at radius 3 is 2.73 bits per heavy atom. The van der Waals surface area contributed by atoms with Gasteiger partial charge in [-0.15, -0.1) is 10.2 Å². The summed E-state index contributed by atoms with van der Waals surface area (Å²) in [6, 6.07) is 12.9. The lowest BCUT2D eigenvalue weighted by Gasteiger charge is -2.33. The molecule has 0 fully saturated rings. The zero-order chi connectivity index (χ0) is 21.1. The van der Waals surface area contributed by atoms with Crippen LogP contribution in [0.1, 0.15) is 54.0 Å². The van der Waals surface area contributed by atoms with E-state index in [-0.39, 0.29) is 24.0 Å². The van der Waals surface area contributed by atoms with E-state index in [1.807, 2.05) is 24.3 Å². The molecule has 1 aromatic heterocycles. The number of hydrogen-bond acceptors (Lipinski definition) is 7. The fourth-order valence-electron chi connectivity index (χ4n) is 3.45. The molecule has 30 heavy (non-hydrogen) atoms. The number of rotatable bonds is 7. The molecule has 1 aliphatic rings. The fourth-order valence-corrected chi connectivity index (χ4v) is 3.45. The fraction of sp³-hybridized carbons (Fsp3) is 0.364. The van der Waals surface area contributed by atoms with E-state index in [0.29, 0.717) is 22.8 Å². The van der Waals surface area contributed by atoms with Crippen LogP contribution in [0.25, 0.3) is 0 Å². The van der Waals surface area contributed by atoms with E-state index in [4.69, 9.17) is 15.2 Å². The van der Waals surface area contributed by atoms with Gasteiger partial charge in [0.15, 0.2) is 17.3 Å². The Morgan fingerprint density at radius 2 is 2.03 bits per heavy atom. The standard InChI is InChI=1S/C22H25N5O3/c1-14(2)5-3-6-15-9-11-16(12-10-15)19(28)17-7-4-8-18-20(17)30-22(23,13-29-18)21-24-26-27-25-21/h4,7-12,14H,3,5-6,13,23H2,1-2H3,(H,24,25,26,27). The van der Waals surface area contributed by atoms with E-state index in [1.165, 1.54) is 12.0 Å². The number of ketones is 1. The van der Waals surface area contributed by atoms with Gasteiger partial charge in [-0.05, 0) is 41.7 Å². The summed E-state index contributed by atoms with van der Waals surface area (Å²) in [7, 11) is 0. The van der Waals surface area contributed by atoms with Crippen LogP contribution in [0.3, 0.4) is 0 Å². The van der Waals surface area contributed by atoms with Crippen molar-refractivity contribution in [3.63, 3.8) is 0 Å². The van der Waals surface area contributed by atoms with Crippen molar-refractivity contribution in [3.8, 4) is 11.5 Å². The number of aryl methyl sites for hydroxylation is 1. The molecule has 0 saturated carbocycles. The number of fused-ring (bicyclic) bond motifs is 1. The van der Waals surface area contributed by atoms with Crippen LogP contribution in [0.2, 0.25) is 0 Å². The van der Waals surface area contributed by atoms with E-state index < -0.39 is 5.72 Å². The first-order chi connectivity index (χ1) is 14.5. The van der Waals surface area contributed by atoms with Crippen molar-refractivity contribution >= 4 is 5.78 Å². The maximum Gasteiger partial charge on any atom is 0.257 e. The summed E-state index contributed by atoms with van der Waals surface area (Å²) in [5, 5.41) is 13.7. The summed E-state index contributed by atoms with van der Waals surface area (Å²) in [4.78, 5) is 13.2. The van der Waals surface area contributed by atoms with Gasteiger partial charge in [0.05, 0.1) is 5.56 Å². The summed E-state index contributed by atoms with van der Waals surface area (Å²) in [5.41, 5.74) is 7.03. The molecule has 8 nitrogen and oxygen atoms in total. The van der Waals surface area contributed by atoms with Crippen molar-refractivity contribution in [1.82, 2.24) is 20.6 Å². The van der Waals surface area contributed by atoms with Gasteiger partial charge >= 0.3 is 0 Å². The number of para-hydroxylation sites is 1. The monoisotopic (exact) mass is 407 g/mol. The highest BCUT2D eigenvalue weighted by Gasteiger charge is 2.41. The van der Waals surface area contributed by atoms with E-state index in [9.17, 15) is 4.79 Å². The first kappa shape index (κ1) is 20.0. The number of nitrogens with two attached hydrogens (primary N) is 1. The number of carbonyl (C=O) groups is 1. The molecule has 0 amide bonds. The first-order valence-electron chi connectivity index (χ1n) is 10.1. The van der Waals surface area contributed by atoms with Gasteiger partial charge in [0.2, 0.25) is 5.82 Å². The van der Waals surface area contributed by atoms with Crippen LogP contribution in [0, 0.1) is 5.92 Å². The number of benzene rings is 2. The van der Waals surface area contributed by atoms with Crippen LogP contribution in [0.4, 0.5) is 0 Å². The molecule has 2 aromatic carbocycles. The maximum absolute atomic E-state index is 13.2. The molecule has 3 N–H and O–H groups in total. The summed E-state index contributed by atoms with van der Waals surface area (Å²) >= 11 is 0. The molecular weight excluding hydrogens is 382 g/mol. The highest BCUT2D eigenvalue weighted by Crippen LogP contribution is 2.40. The molecule has 0 bridgehead atoms. The molecule has 0 radical (unpaired) electrons. The predicted molar refractivity (Wildman–Crippen MR) is 110 cm³/mol. The Balaban J connectivity index is 1.56. The topological polar surface area (TPSA) is 116 Å². The van der Waals surface area contributed by atoms with Crippen molar-refractivity contribution in [1.29, 1.82) is 0 Å². The molecule has 1 aliphatic heterocycles. The largest absolute Gasteiger partial charge is 0.483 e. The minimum absolute atomic E-state index is 0.00223. The second kappa shape index (κ2) is 8.23. The van der Waals surface area contributed by atoms with Gasteiger partial charge in [0.1, 0.15) is 6.61 Å². The normalized spacial score (nSPS) is 17.9. The molecule has 8 heteroatoms.